The predicted octanol–water partition coefficient (Wildman–Crippen LogP) is 3.12. The molecule has 1 N–H and O–H groups in total. The van der Waals surface area contributed by atoms with Gasteiger partial charge in [-0.2, -0.15) is 0 Å². The largest absolute Gasteiger partial charge is 0.490 e. The fourth-order valence-corrected chi connectivity index (χ4v) is 2.49. The quantitative estimate of drug-likeness (QED) is 0.834. The van der Waals surface area contributed by atoms with E-state index in [1.807, 2.05) is 24.3 Å². The topological polar surface area (TPSA) is 30.5 Å². The van der Waals surface area contributed by atoms with Gasteiger partial charge in [0.1, 0.15) is 12.4 Å². The number of halogens is 1. The second-order valence-electron chi connectivity index (χ2n) is 4.93. The van der Waals surface area contributed by atoms with Crippen molar-refractivity contribution in [1.29, 1.82) is 0 Å². The molecule has 2 atom stereocenters. The van der Waals surface area contributed by atoms with Crippen LogP contribution in [0.1, 0.15) is 19.8 Å². The molecule has 2 unspecified atom stereocenters. The molecular weight excluding hydrogens is 262 g/mol. The van der Waals surface area contributed by atoms with Crippen molar-refractivity contribution in [1.82, 2.24) is 5.32 Å². The molecule has 106 valence electrons. The molecule has 1 heterocycles. The van der Waals surface area contributed by atoms with Gasteiger partial charge in [-0.3, -0.25) is 0 Å². The molecule has 0 radical (unpaired) electrons. The molecule has 0 aromatic heterocycles. The lowest BCUT2D eigenvalue weighted by Gasteiger charge is -2.24. The molecule has 1 aliphatic rings. The van der Waals surface area contributed by atoms with Crippen molar-refractivity contribution >= 4 is 11.6 Å². The van der Waals surface area contributed by atoms with E-state index in [-0.39, 0.29) is 0 Å². The average molecular weight is 284 g/mol. The van der Waals surface area contributed by atoms with Crippen LogP contribution in [0.15, 0.2) is 24.3 Å². The van der Waals surface area contributed by atoms with Crippen molar-refractivity contribution in [3.8, 4) is 5.75 Å². The number of para-hydroxylation sites is 1. The fourth-order valence-electron chi connectivity index (χ4n) is 2.30. The highest BCUT2D eigenvalue weighted by atomic mass is 35.5. The van der Waals surface area contributed by atoms with Gasteiger partial charge in [-0.15, -0.1) is 0 Å². The normalized spacial score (nSPS) is 20.4. The van der Waals surface area contributed by atoms with Crippen molar-refractivity contribution in [2.75, 3.05) is 26.4 Å². The number of hydrogen-bond acceptors (Lipinski definition) is 3. The Morgan fingerprint density at radius 3 is 3.00 bits per heavy atom. The smallest absolute Gasteiger partial charge is 0.137 e. The van der Waals surface area contributed by atoms with Gasteiger partial charge in [-0.25, -0.2) is 0 Å². The lowest BCUT2D eigenvalue weighted by atomic mass is 9.99. The van der Waals surface area contributed by atoms with Crippen molar-refractivity contribution in [2.24, 2.45) is 5.92 Å². The number of nitrogens with one attached hydrogen (secondary N) is 1. The van der Waals surface area contributed by atoms with Crippen LogP contribution < -0.4 is 10.1 Å². The van der Waals surface area contributed by atoms with E-state index in [4.69, 9.17) is 21.1 Å². The molecular formula is C15H22ClNO2. The summed E-state index contributed by atoms with van der Waals surface area (Å²) in [5.41, 5.74) is 0. The molecule has 0 amide bonds. The van der Waals surface area contributed by atoms with Gasteiger partial charge < -0.3 is 14.8 Å². The van der Waals surface area contributed by atoms with E-state index >= 15 is 0 Å². The molecule has 0 bridgehead atoms. The minimum atomic E-state index is 0.332. The lowest BCUT2D eigenvalue weighted by molar-refractivity contribution is 0.160. The van der Waals surface area contributed by atoms with Crippen LogP contribution in [0.2, 0.25) is 5.02 Å². The summed E-state index contributed by atoms with van der Waals surface area (Å²) in [7, 11) is 0. The maximum Gasteiger partial charge on any atom is 0.137 e. The summed E-state index contributed by atoms with van der Waals surface area (Å²) in [6.45, 7) is 5.50. The summed E-state index contributed by atoms with van der Waals surface area (Å²) < 4.78 is 11.3. The predicted molar refractivity (Wildman–Crippen MR) is 78.0 cm³/mol. The van der Waals surface area contributed by atoms with E-state index in [0.717, 1.165) is 38.3 Å². The molecule has 1 aromatic carbocycles. The molecule has 1 saturated heterocycles. The number of benzene rings is 1. The van der Waals surface area contributed by atoms with Crippen LogP contribution in [0.25, 0.3) is 0 Å². The second kappa shape index (κ2) is 7.73. The third kappa shape index (κ3) is 4.37. The average Bonchev–Trinajstić information content (AvgIpc) is 2.94. The molecule has 0 spiro atoms. The molecule has 1 aliphatic heterocycles. The fraction of sp³-hybridized carbons (Fsp3) is 0.600. The third-order valence-corrected chi connectivity index (χ3v) is 3.76. The van der Waals surface area contributed by atoms with Gasteiger partial charge in [-0.05, 0) is 31.5 Å². The molecule has 1 fully saturated rings. The first kappa shape index (κ1) is 14.6. The van der Waals surface area contributed by atoms with Gasteiger partial charge in [0.25, 0.3) is 0 Å². The summed E-state index contributed by atoms with van der Waals surface area (Å²) in [6.07, 6.45) is 2.23. The van der Waals surface area contributed by atoms with Gasteiger partial charge >= 0.3 is 0 Å². The zero-order valence-electron chi connectivity index (χ0n) is 11.4. The molecule has 2 rings (SSSR count). The Kier molecular flexibility index (Phi) is 5.95. The van der Waals surface area contributed by atoms with E-state index in [9.17, 15) is 0 Å². The van der Waals surface area contributed by atoms with E-state index in [1.165, 1.54) is 0 Å². The van der Waals surface area contributed by atoms with Gasteiger partial charge in [-0.1, -0.05) is 30.7 Å². The minimum Gasteiger partial charge on any atom is -0.490 e. The standard InChI is InChI=1S/C15H22ClNO2/c1-2-8-17-14(12-7-9-18-10-12)11-19-15-6-4-3-5-13(15)16/h3-6,12,14,17H,2,7-11H2,1H3. The van der Waals surface area contributed by atoms with Crippen molar-refractivity contribution in [2.45, 2.75) is 25.8 Å². The van der Waals surface area contributed by atoms with Gasteiger partial charge in [0.15, 0.2) is 0 Å². The van der Waals surface area contributed by atoms with Crippen LogP contribution in [0, 0.1) is 5.92 Å². The first-order chi connectivity index (χ1) is 9.31. The van der Waals surface area contributed by atoms with E-state index in [1.54, 1.807) is 0 Å². The maximum atomic E-state index is 6.10. The van der Waals surface area contributed by atoms with Gasteiger partial charge in [0.05, 0.1) is 11.6 Å². The minimum absolute atomic E-state index is 0.332. The summed E-state index contributed by atoms with van der Waals surface area (Å²) in [6, 6.07) is 7.94. The van der Waals surface area contributed by atoms with Crippen LogP contribution in [-0.2, 0) is 4.74 Å². The molecule has 1 aromatic rings. The zero-order valence-corrected chi connectivity index (χ0v) is 12.2. The maximum absolute atomic E-state index is 6.10. The van der Waals surface area contributed by atoms with E-state index < -0.39 is 0 Å². The molecule has 19 heavy (non-hydrogen) atoms. The second-order valence-corrected chi connectivity index (χ2v) is 5.33. The highest BCUT2D eigenvalue weighted by molar-refractivity contribution is 6.32. The Hall–Kier alpha value is -0.770. The van der Waals surface area contributed by atoms with Crippen molar-refractivity contribution in [3.05, 3.63) is 29.3 Å². The van der Waals surface area contributed by atoms with Crippen LogP contribution >= 0.6 is 11.6 Å². The van der Waals surface area contributed by atoms with Crippen LogP contribution in [0.3, 0.4) is 0 Å². The summed E-state index contributed by atoms with van der Waals surface area (Å²) in [5, 5.41) is 4.22. The SMILES string of the molecule is CCCNC(COc1ccccc1Cl)C1CCOC1. The molecule has 0 aliphatic carbocycles. The first-order valence-electron chi connectivity index (χ1n) is 6.99. The Balaban J connectivity index is 1.90. The monoisotopic (exact) mass is 283 g/mol. The van der Waals surface area contributed by atoms with E-state index in [2.05, 4.69) is 12.2 Å². The molecule has 3 nitrogen and oxygen atoms in total. The zero-order chi connectivity index (χ0) is 13.5. The summed E-state index contributed by atoms with van der Waals surface area (Å²) in [4.78, 5) is 0. The Labute approximate surface area is 120 Å². The first-order valence-corrected chi connectivity index (χ1v) is 7.37. The highest BCUT2D eigenvalue weighted by Crippen LogP contribution is 2.24. The third-order valence-electron chi connectivity index (χ3n) is 3.45. The van der Waals surface area contributed by atoms with E-state index in [0.29, 0.717) is 23.6 Å². The van der Waals surface area contributed by atoms with Crippen LogP contribution in [0.4, 0.5) is 0 Å². The van der Waals surface area contributed by atoms with Crippen LogP contribution in [0.5, 0.6) is 5.75 Å². The Morgan fingerprint density at radius 2 is 2.32 bits per heavy atom. The molecule has 4 heteroatoms. The van der Waals surface area contributed by atoms with Gasteiger partial charge in [0.2, 0.25) is 0 Å². The summed E-state index contributed by atoms with van der Waals surface area (Å²) in [5.74, 6) is 1.29. The number of ether oxygens (including phenoxy) is 2. The van der Waals surface area contributed by atoms with Crippen molar-refractivity contribution < 1.29 is 9.47 Å². The molecule has 0 saturated carbocycles. The summed E-state index contributed by atoms with van der Waals surface area (Å²) >= 11 is 6.10. The Bertz CT molecular complexity index is 380. The highest BCUT2D eigenvalue weighted by Gasteiger charge is 2.25. The lowest BCUT2D eigenvalue weighted by Crippen LogP contribution is -2.41. The Morgan fingerprint density at radius 1 is 1.47 bits per heavy atom. The number of hydrogen-bond donors (Lipinski definition) is 1. The number of rotatable bonds is 7. The van der Waals surface area contributed by atoms with Crippen molar-refractivity contribution in [3.63, 3.8) is 0 Å². The van der Waals surface area contributed by atoms with Crippen LogP contribution in [-0.4, -0.2) is 32.4 Å². The van der Waals surface area contributed by atoms with Gasteiger partial charge in [0, 0.05) is 18.6 Å².